The zero-order chi connectivity index (χ0) is 22.1. The second kappa shape index (κ2) is 8.69. The van der Waals surface area contributed by atoms with E-state index in [4.69, 9.17) is 16.3 Å². The average Bonchev–Trinajstić information content (AvgIpc) is 3.46. The molecule has 3 N–H and O–H groups in total. The van der Waals surface area contributed by atoms with E-state index >= 15 is 0 Å². The van der Waals surface area contributed by atoms with Crippen LogP contribution in [0.2, 0.25) is 5.02 Å². The second-order valence-electron chi connectivity index (χ2n) is 7.28. The number of morpholine rings is 1. The van der Waals surface area contributed by atoms with Crippen molar-refractivity contribution in [3.8, 4) is 11.4 Å². The third kappa shape index (κ3) is 4.09. The van der Waals surface area contributed by atoms with Gasteiger partial charge >= 0.3 is 6.03 Å². The molecule has 5 rings (SSSR count). The van der Waals surface area contributed by atoms with Gasteiger partial charge in [-0.25, -0.2) is 9.78 Å². The van der Waals surface area contributed by atoms with Crippen molar-refractivity contribution in [3.63, 3.8) is 0 Å². The largest absolute Gasteiger partial charge is 0.377 e. The summed E-state index contributed by atoms with van der Waals surface area (Å²) in [4.78, 5) is 23.1. The summed E-state index contributed by atoms with van der Waals surface area (Å²) in [5.41, 5.74) is 2.31. The highest BCUT2D eigenvalue weighted by Crippen LogP contribution is 2.33. The van der Waals surface area contributed by atoms with E-state index in [1.165, 1.54) is 11.5 Å². The van der Waals surface area contributed by atoms with Gasteiger partial charge in [0.2, 0.25) is 5.13 Å². The molecule has 3 aromatic heterocycles. The minimum atomic E-state index is -0.205. The van der Waals surface area contributed by atoms with Crippen LogP contribution in [0.3, 0.4) is 0 Å². The molecule has 2 amide bonds. The van der Waals surface area contributed by atoms with Crippen LogP contribution >= 0.6 is 23.1 Å². The fraction of sp³-hybridized carbons (Fsp3) is 0.250. The number of urea groups is 1. The van der Waals surface area contributed by atoms with Crippen LogP contribution in [-0.4, -0.2) is 61.3 Å². The van der Waals surface area contributed by atoms with Gasteiger partial charge < -0.3 is 15.0 Å². The van der Waals surface area contributed by atoms with E-state index < -0.39 is 0 Å². The van der Waals surface area contributed by atoms with Crippen molar-refractivity contribution in [1.82, 2.24) is 29.4 Å². The number of benzene rings is 1. The Balaban J connectivity index is 1.31. The third-order valence-corrected chi connectivity index (χ3v) is 6.15. The molecule has 10 nitrogen and oxygen atoms in total. The SMILES string of the molecule is CC1COCCN1C(=O)Nc1cc(-c2nsc(Nc3ccc4[nH]ncc4c3Cl)n2)ccn1. The number of aromatic amines is 1. The molecule has 32 heavy (non-hydrogen) atoms. The minimum Gasteiger partial charge on any atom is -0.377 e. The van der Waals surface area contributed by atoms with Crippen molar-refractivity contribution in [2.75, 3.05) is 30.4 Å². The molecule has 0 saturated carbocycles. The number of carbonyl (C=O) groups excluding carboxylic acids is 1. The Morgan fingerprint density at radius 3 is 3.16 bits per heavy atom. The van der Waals surface area contributed by atoms with Gasteiger partial charge in [-0.2, -0.15) is 14.5 Å². The molecule has 164 valence electrons. The van der Waals surface area contributed by atoms with Crippen molar-refractivity contribution < 1.29 is 9.53 Å². The predicted octanol–water partition coefficient (Wildman–Crippen LogP) is 4.13. The number of nitrogens with zero attached hydrogens (tertiary/aromatic N) is 5. The van der Waals surface area contributed by atoms with E-state index in [1.807, 2.05) is 19.1 Å². The number of carbonyl (C=O) groups is 1. The molecule has 1 saturated heterocycles. The first-order chi connectivity index (χ1) is 15.6. The smallest absolute Gasteiger partial charge is 0.323 e. The van der Waals surface area contributed by atoms with Crippen LogP contribution in [0, 0.1) is 0 Å². The van der Waals surface area contributed by atoms with E-state index in [0.717, 1.165) is 16.5 Å². The van der Waals surface area contributed by atoms with Crippen LogP contribution in [-0.2, 0) is 4.74 Å². The van der Waals surface area contributed by atoms with Crippen molar-refractivity contribution in [2.45, 2.75) is 13.0 Å². The molecule has 1 aromatic carbocycles. The maximum Gasteiger partial charge on any atom is 0.323 e. The highest BCUT2D eigenvalue weighted by molar-refractivity contribution is 7.10. The zero-order valence-corrected chi connectivity index (χ0v) is 18.6. The van der Waals surface area contributed by atoms with Gasteiger partial charge in [-0.1, -0.05) is 11.6 Å². The molecule has 4 aromatic rings. The molecule has 1 aliphatic heterocycles. The number of anilines is 3. The minimum absolute atomic E-state index is 0.00821. The van der Waals surface area contributed by atoms with E-state index in [9.17, 15) is 4.79 Å². The van der Waals surface area contributed by atoms with Gasteiger partial charge in [0, 0.05) is 35.2 Å². The zero-order valence-electron chi connectivity index (χ0n) is 17.0. The highest BCUT2D eigenvalue weighted by atomic mass is 35.5. The van der Waals surface area contributed by atoms with Gasteiger partial charge in [0.25, 0.3) is 0 Å². The lowest BCUT2D eigenvalue weighted by Gasteiger charge is -2.33. The van der Waals surface area contributed by atoms with Gasteiger partial charge in [0.15, 0.2) is 5.82 Å². The summed E-state index contributed by atoms with van der Waals surface area (Å²) in [7, 11) is 0. The molecular weight excluding hydrogens is 452 g/mol. The number of nitrogens with one attached hydrogen (secondary N) is 3. The van der Waals surface area contributed by atoms with E-state index in [0.29, 0.717) is 47.2 Å². The maximum atomic E-state index is 12.6. The fourth-order valence-electron chi connectivity index (χ4n) is 3.43. The van der Waals surface area contributed by atoms with Crippen molar-refractivity contribution in [1.29, 1.82) is 0 Å². The first-order valence-electron chi connectivity index (χ1n) is 9.92. The average molecular weight is 471 g/mol. The molecule has 12 heteroatoms. The second-order valence-corrected chi connectivity index (χ2v) is 8.41. The third-order valence-electron chi connectivity index (χ3n) is 5.11. The number of ether oxygens (including phenoxy) is 1. The molecular formula is C20H19ClN8O2S. The lowest BCUT2D eigenvalue weighted by molar-refractivity contribution is 0.0221. The van der Waals surface area contributed by atoms with Crippen LogP contribution < -0.4 is 10.6 Å². The number of H-pyrrole nitrogens is 1. The molecule has 1 unspecified atom stereocenters. The van der Waals surface area contributed by atoms with Gasteiger partial charge in [-0.3, -0.25) is 10.4 Å². The standard InChI is InChI=1S/C20H19ClN8O2S/c1-11-10-31-7-6-29(11)20(30)25-16-8-12(4-5-22-16)18-26-19(32-28-18)24-15-3-2-14-13(17(15)21)9-23-27-14/h2-5,8-9,11H,6-7,10H2,1H3,(H,23,27)(H,22,25,30)(H,24,26,28). The summed E-state index contributed by atoms with van der Waals surface area (Å²) >= 11 is 7.69. The number of rotatable bonds is 4. The summed E-state index contributed by atoms with van der Waals surface area (Å²) in [5.74, 6) is 0.958. The summed E-state index contributed by atoms with van der Waals surface area (Å²) < 4.78 is 9.81. The Kier molecular flexibility index (Phi) is 5.60. The Morgan fingerprint density at radius 1 is 1.38 bits per heavy atom. The van der Waals surface area contributed by atoms with Crippen LogP contribution in [0.4, 0.5) is 21.4 Å². The number of hydrogen-bond acceptors (Lipinski definition) is 8. The quantitative estimate of drug-likeness (QED) is 0.410. The van der Waals surface area contributed by atoms with Gasteiger partial charge in [-0.05, 0) is 31.2 Å². The fourth-order valence-corrected chi connectivity index (χ4v) is 4.30. The molecule has 0 radical (unpaired) electrons. The maximum absolute atomic E-state index is 12.6. The predicted molar refractivity (Wildman–Crippen MR) is 124 cm³/mol. The Morgan fingerprint density at radius 2 is 2.28 bits per heavy atom. The number of aromatic nitrogens is 5. The van der Waals surface area contributed by atoms with Crippen LogP contribution in [0.25, 0.3) is 22.3 Å². The summed E-state index contributed by atoms with van der Waals surface area (Å²) in [6.45, 7) is 3.55. The lowest BCUT2D eigenvalue weighted by Crippen LogP contribution is -2.48. The Hall–Kier alpha value is -3.28. The number of hydrogen-bond donors (Lipinski definition) is 3. The highest BCUT2D eigenvalue weighted by Gasteiger charge is 2.24. The lowest BCUT2D eigenvalue weighted by atomic mass is 10.2. The van der Waals surface area contributed by atoms with Crippen molar-refractivity contribution >= 4 is 56.7 Å². The van der Waals surface area contributed by atoms with Gasteiger partial charge in [-0.15, -0.1) is 0 Å². The Labute approximate surface area is 192 Å². The molecule has 4 heterocycles. The first-order valence-corrected chi connectivity index (χ1v) is 11.1. The summed E-state index contributed by atoms with van der Waals surface area (Å²) in [5, 5.41) is 14.9. The number of amides is 2. The van der Waals surface area contributed by atoms with Crippen LogP contribution in [0.15, 0.2) is 36.7 Å². The van der Waals surface area contributed by atoms with Crippen LogP contribution in [0.5, 0.6) is 0 Å². The summed E-state index contributed by atoms with van der Waals surface area (Å²) in [6.07, 6.45) is 3.30. The van der Waals surface area contributed by atoms with E-state index in [-0.39, 0.29) is 12.1 Å². The van der Waals surface area contributed by atoms with Gasteiger partial charge in [0.05, 0.1) is 41.7 Å². The van der Waals surface area contributed by atoms with Crippen LogP contribution in [0.1, 0.15) is 6.92 Å². The number of pyridine rings is 1. The molecule has 0 bridgehead atoms. The topological polar surface area (TPSA) is 121 Å². The molecule has 0 spiro atoms. The van der Waals surface area contributed by atoms with Gasteiger partial charge in [0.1, 0.15) is 5.82 Å². The monoisotopic (exact) mass is 470 g/mol. The molecule has 1 atom stereocenters. The van der Waals surface area contributed by atoms with E-state index in [2.05, 4.69) is 35.2 Å². The number of halogens is 1. The summed E-state index contributed by atoms with van der Waals surface area (Å²) in [6, 6.07) is 7.10. The first kappa shape index (κ1) is 20.6. The molecule has 1 aliphatic rings. The van der Waals surface area contributed by atoms with E-state index in [1.54, 1.807) is 29.4 Å². The molecule has 1 fully saturated rings. The Bertz CT molecular complexity index is 1280. The van der Waals surface area contributed by atoms with Crippen molar-refractivity contribution in [3.05, 3.63) is 41.7 Å². The normalized spacial score (nSPS) is 16.3. The number of fused-ring (bicyclic) bond motifs is 1. The molecule has 0 aliphatic carbocycles. The van der Waals surface area contributed by atoms with Crippen molar-refractivity contribution in [2.24, 2.45) is 0 Å².